The molecule has 2 saturated heterocycles. The largest absolute Gasteiger partial charge is 0.481 e. The van der Waals surface area contributed by atoms with Crippen molar-refractivity contribution in [3.63, 3.8) is 0 Å². The Morgan fingerprint density at radius 1 is 1.00 bits per heavy atom. The van der Waals surface area contributed by atoms with Crippen LogP contribution in [0.25, 0.3) is 0 Å². The molecule has 2 fully saturated rings. The molecule has 29 heavy (non-hydrogen) atoms. The van der Waals surface area contributed by atoms with Crippen LogP contribution in [0.15, 0.2) is 59.7 Å². The van der Waals surface area contributed by atoms with Crippen molar-refractivity contribution in [2.45, 2.75) is 32.0 Å². The summed E-state index contributed by atoms with van der Waals surface area (Å²) in [7, 11) is 0. The molecule has 2 aromatic rings. The van der Waals surface area contributed by atoms with Crippen LogP contribution in [0.1, 0.15) is 25.3 Å². The van der Waals surface area contributed by atoms with Gasteiger partial charge in [0, 0.05) is 11.3 Å². The van der Waals surface area contributed by atoms with Gasteiger partial charge in [-0.25, -0.2) is 0 Å². The van der Waals surface area contributed by atoms with E-state index in [0.717, 1.165) is 17.7 Å². The molecular weight excluding hydrogens is 370 g/mol. The standard InChI is InChI=1S/C22H23N3O4/c1-13(24-25-14-7-3-2-4-8-14)15-9-5-6-10-16(15)23-21(26)19-17-11-12-18(29-17)20(19)22(27)28/h2-10,17-20,25H,11-12H2,1H3,(H,23,26)(H,27,28)/b24-13-/t17-,18+,19?,20?/m0/s1. The van der Waals surface area contributed by atoms with E-state index >= 15 is 0 Å². The highest BCUT2D eigenvalue weighted by atomic mass is 16.5. The van der Waals surface area contributed by atoms with Crippen molar-refractivity contribution in [3.8, 4) is 0 Å². The minimum absolute atomic E-state index is 0.319. The number of ether oxygens (including phenoxy) is 1. The van der Waals surface area contributed by atoms with E-state index in [0.29, 0.717) is 17.8 Å². The maximum Gasteiger partial charge on any atom is 0.310 e. The highest BCUT2D eigenvalue weighted by Gasteiger charge is 2.55. The molecule has 0 spiro atoms. The number of hydrazone groups is 1. The predicted octanol–water partition coefficient (Wildman–Crippen LogP) is 3.34. The third-order valence-electron chi connectivity index (χ3n) is 5.56. The Balaban J connectivity index is 1.52. The molecule has 2 aliphatic heterocycles. The molecule has 0 saturated carbocycles. The van der Waals surface area contributed by atoms with Crippen LogP contribution < -0.4 is 10.7 Å². The van der Waals surface area contributed by atoms with Gasteiger partial charge in [0.1, 0.15) is 0 Å². The van der Waals surface area contributed by atoms with Gasteiger partial charge in [-0.1, -0.05) is 36.4 Å². The smallest absolute Gasteiger partial charge is 0.310 e. The molecule has 2 aromatic carbocycles. The van der Waals surface area contributed by atoms with Gasteiger partial charge in [-0.15, -0.1) is 0 Å². The average molecular weight is 393 g/mol. The highest BCUT2D eigenvalue weighted by Crippen LogP contribution is 2.44. The van der Waals surface area contributed by atoms with E-state index in [1.165, 1.54) is 0 Å². The second-order valence-electron chi connectivity index (χ2n) is 7.39. The number of carbonyl (C=O) groups excluding carboxylic acids is 1. The normalized spacial score (nSPS) is 25.6. The predicted molar refractivity (Wildman–Crippen MR) is 110 cm³/mol. The molecule has 3 N–H and O–H groups in total. The van der Waals surface area contributed by atoms with Gasteiger partial charge in [-0.05, 0) is 38.0 Å². The van der Waals surface area contributed by atoms with Crippen molar-refractivity contribution in [3.05, 3.63) is 60.2 Å². The summed E-state index contributed by atoms with van der Waals surface area (Å²) in [5.41, 5.74) is 5.92. The number of amides is 1. The Kier molecular flexibility index (Phi) is 5.31. The lowest BCUT2D eigenvalue weighted by Gasteiger charge is -2.24. The van der Waals surface area contributed by atoms with Crippen LogP contribution in [-0.2, 0) is 14.3 Å². The van der Waals surface area contributed by atoms with Crippen LogP contribution in [0.3, 0.4) is 0 Å². The molecule has 4 rings (SSSR count). The Bertz CT molecular complexity index is 944. The number of carboxylic acids is 1. The molecule has 150 valence electrons. The lowest BCUT2D eigenvalue weighted by Crippen LogP contribution is -2.41. The fraction of sp³-hybridized carbons (Fsp3) is 0.318. The second-order valence-corrected chi connectivity index (χ2v) is 7.39. The summed E-state index contributed by atoms with van der Waals surface area (Å²) in [6, 6.07) is 16.9. The van der Waals surface area contributed by atoms with Crippen molar-refractivity contribution < 1.29 is 19.4 Å². The number of rotatable bonds is 6. The van der Waals surface area contributed by atoms with E-state index in [2.05, 4.69) is 15.8 Å². The van der Waals surface area contributed by atoms with E-state index in [9.17, 15) is 14.7 Å². The number of anilines is 2. The first-order valence-corrected chi connectivity index (χ1v) is 9.68. The van der Waals surface area contributed by atoms with Crippen LogP contribution >= 0.6 is 0 Å². The van der Waals surface area contributed by atoms with E-state index in [4.69, 9.17) is 4.74 Å². The monoisotopic (exact) mass is 393 g/mol. The van der Waals surface area contributed by atoms with Gasteiger partial charge in [-0.3, -0.25) is 15.0 Å². The molecule has 1 amide bonds. The number of aliphatic carboxylic acids is 1. The first kappa shape index (κ1) is 19.1. The van der Waals surface area contributed by atoms with Crippen LogP contribution in [-0.4, -0.2) is 34.9 Å². The zero-order valence-electron chi connectivity index (χ0n) is 16.0. The fourth-order valence-corrected chi connectivity index (χ4v) is 4.17. The minimum Gasteiger partial charge on any atom is -0.481 e. The molecule has 0 radical (unpaired) electrons. The van der Waals surface area contributed by atoms with E-state index in [1.807, 2.05) is 55.5 Å². The number of nitrogens with zero attached hydrogens (tertiary/aromatic N) is 1. The molecule has 2 unspecified atom stereocenters. The van der Waals surface area contributed by atoms with E-state index in [-0.39, 0.29) is 18.1 Å². The minimum atomic E-state index is -0.976. The lowest BCUT2D eigenvalue weighted by molar-refractivity contribution is -0.147. The zero-order chi connectivity index (χ0) is 20.4. The van der Waals surface area contributed by atoms with Crippen molar-refractivity contribution in [1.82, 2.24) is 0 Å². The fourth-order valence-electron chi connectivity index (χ4n) is 4.17. The number of nitrogens with one attached hydrogen (secondary N) is 2. The summed E-state index contributed by atoms with van der Waals surface area (Å²) in [5.74, 6) is -2.77. The lowest BCUT2D eigenvalue weighted by atomic mass is 9.78. The van der Waals surface area contributed by atoms with Crippen LogP contribution in [0.5, 0.6) is 0 Å². The van der Waals surface area contributed by atoms with Crippen molar-refractivity contribution in [1.29, 1.82) is 0 Å². The Morgan fingerprint density at radius 2 is 1.66 bits per heavy atom. The number of carbonyl (C=O) groups is 2. The van der Waals surface area contributed by atoms with E-state index in [1.54, 1.807) is 6.07 Å². The van der Waals surface area contributed by atoms with Crippen molar-refractivity contribution >= 4 is 29.0 Å². The number of hydrogen-bond donors (Lipinski definition) is 3. The number of benzene rings is 2. The Hall–Kier alpha value is -3.19. The topological polar surface area (TPSA) is 100 Å². The van der Waals surface area contributed by atoms with Crippen LogP contribution in [0.2, 0.25) is 0 Å². The molecule has 4 atom stereocenters. The van der Waals surface area contributed by atoms with Crippen molar-refractivity contribution in [2.24, 2.45) is 16.9 Å². The molecular formula is C22H23N3O4. The van der Waals surface area contributed by atoms with Gasteiger partial charge in [0.25, 0.3) is 0 Å². The van der Waals surface area contributed by atoms with Gasteiger partial charge >= 0.3 is 5.97 Å². The molecule has 7 nitrogen and oxygen atoms in total. The summed E-state index contributed by atoms with van der Waals surface area (Å²) in [6.45, 7) is 1.85. The molecule has 7 heteroatoms. The van der Waals surface area contributed by atoms with Crippen LogP contribution in [0, 0.1) is 11.8 Å². The van der Waals surface area contributed by atoms with Gasteiger partial charge < -0.3 is 15.2 Å². The number of hydrogen-bond acceptors (Lipinski definition) is 5. The number of fused-ring (bicyclic) bond motifs is 2. The second kappa shape index (κ2) is 8.05. The maximum absolute atomic E-state index is 13.0. The quantitative estimate of drug-likeness (QED) is 0.516. The summed E-state index contributed by atoms with van der Waals surface area (Å²) in [5, 5.41) is 16.9. The maximum atomic E-state index is 13.0. The number of carboxylic acid groups (broad SMARTS) is 1. The summed E-state index contributed by atoms with van der Waals surface area (Å²) in [4.78, 5) is 24.6. The summed E-state index contributed by atoms with van der Waals surface area (Å²) < 4.78 is 5.71. The molecule has 2 bridgehead atoms. The number of para-hydroxylation sites is 2. The van der Waals surface area contributed by atoms with Crippen molar-refractivity contribution in [2.75, 3.05) is 10.7 Å². The van der Waals surface area contributed by atoms with Gasteiger partial charge in [0.2, 0.25) is 5.91 Å². The van der Waals surface area contributed by atoms with Gasteiger partial charge in [0.15, 0.2) is 0 Å². The SMILES string of the molecule is C/C(=N/Nc1ccccc1)c1ccccc1NC(=O)C1C(C(=O)O)[C@H]2CC[C@@H]1O2. The zero-order valence-corrected chi connectivity index (χ0v) is 16.0. The first-order valence-electron chi connectivity index (χ1n) is 9.68. The van der Waals surface area contributed by atoms with Gasteiger partial charge in [-0.2, -0.15) is 5.10 Å². The van der Waals surface area contributed by atoms with E-state index < -0.39 is 17.8 Å². The first-order chi connectivity index (χ1) is 14.0. The van der Waals surface area contributed by atoms with Gasteiger partial charge in [0.05, 0.1) is 35.4 Å². The Morgan fingerprint density at radius 3 is 2.38 bits per heavy atom. The summed E-state index contributed by atoms with van der Waals surface area (Å²) >= 11 is 0. The molecule has 2 heterocycles. The van der Waals surface area contributed by atoms with Crippen LogP contribution in [0.4, 0.5) is 11.4 Å². The summed E-state index contributed by atoms with van der Waals surface area (Å²) in [6.07, 6.45) is 0.707. The molecule has 2 aliphatic rings. The third-order valence-corrected chi connectivity index (χ3v) is 5.56. The highest BCUT2D eigenvalue weighted by molar-refractivity contribution is 6.07. The Labute approximate surface area is 168 Å². The third kappa shape index (κ3) is 3.86. The average Bonchev–Trinajstić information content (AvgIpc) is 3.35. The molecule has 0 aromatic heterocycles. The molecule has 0 aliphatic carbocycles.